The highest BCUT2D eigenvalue weighted by molar-refractivity contribution is 5.94. The molecule has 0 radical (unpaired) electrons. The molecule has 1 aliphatic carbocycles. The van der Waals surface area contributed by atoms with Gasteiger partial charge < -0.3 is 26.4 Å². The van der Waals surface area contributed by atoms with Crippen LogP contribution >= 0.6 is 12.4 Å². The number of nitrogens with two attached hydrogens (primary N) is 1. The predicted octanol–water partition coefficient (Wildman–Crippen LogP) is 3.05. The summed E-state index contributed by atoms with van der Waals surface area (Å²) in [5.74, 6) is 0.486. The number of nitrogens with one attached hydrogen (secondary N) is 3. The van der Waals surface area contributed by atoms with Crippen LogP contribution in [-0.2, 0) is 4.79 Å². The van der Waals surface area contributed by atoms with Crippen LogP contribution in [0.5, 0.6) is 5.75 Å². The van der Waals surface area contributed by atoms with Crippen LogP contribution in [0.2, 0.25) is 0 Å². The zero-order chi connectivity index (χ0) is 18.1. The highest BCUT2D eigenvalue weighted by Crippen LogP contribution is 2.24. The van der Waals surface area contributed by atoms with Crippen molar-refractivity contribution in [3.63, 3.8) is 0 Å². The molecule has 0 heterocycles. The average Bonchev–Trinajstić information content (AvgIpc) is 2.61. The zero-order valence-electron chi connectivity index (χ0n) is 15.2. The quantitative estimate of drug-likeness (QED) is 0.428. The summed E-state index contributed by atoms with van der Waals surface area (Å²) in [6.07, 6.45) is 6.59. The first-order valence-corrected chi connectivity index (χ1v) is 8.86. The summed E-state index contributed by atoms with van der Waals surface area (Å²) in [5.41, 5.74) is 6.86. The summed E-state index contributed by atoms with van der Waals surface area (Å²) < 4.78 is 5.12. The van der Waals surface area contributed by atoms with Crippen molar-refractivity contribution in [2.45, 2.75) is 51.0 Å². The third kappa shape index (κ3) is 7.39. The Morgan fingerprint density at radius 2 is 1.96 bits per heavy atom. The molecule has 0 spiro atoms. The fourth-order valence-corrected chi connectivity index (χ4v) is 2.92. The van der Waals surface area contributed by atoms with E-state index in [0.29, 0.717) is 36.5 Å². The third-order valence-corrected chi connectivity index (χ3v) is 4.34. The van der Waals surface area contributed by atoms with Gasteiger partial charge in [-0.25, -0.2) is 4.79 Å². The number of hydrogen-bond donors (Lipinski definition) is 4. The van der Waals surface area contributed by atoms with Crippen molar-refractivity contribution in [1.82, 2.24) is 10.6 Å². The maximum Gasteiger partial charge on any atom is 0.315 e. The molecule has 1 aromatic carbocycles. The van der Waals surface area contributed by atoms with Crippen molar-refractivity contribution >= 4 is 35.7 Å². The number of carbonyl (C=O) groups is 2. The Balaban J connectivity index is 0.00000338. The lowest BCUT2D eigenvalue weighted by molar-refractivity contribution is -0.116. The van der Waals surface area contributed by atoms with E-state index in [-0.39, 0.29) is 30.4 Å². The van der Waals surface area contributed by atoms with Gasteiger partial charge >= 0.3 is 6.03 Å². The van der Waals surface area contributed by atoms with Crippen molar-refractivity contribution in [3.05, 3.63) is 18.2 Å². The van der Waals surface area contributed by atoms with Crippen LogP contribution < -0.4 is 26.4 Å². The first-order valence-electron chi connectivity index (χ1n) is 8.86. The largest absolute Gasteiger partial charge is 0.497 e. The molecule has 1 aliphatic rings. The lowest BCUT2D eigenvalue weighted by Crippen LogP contribution is -2.43. The lowest BCUT2D eigenvalue weighted by atomic mass is 9.96. The van der Waals surface area contributed by atoms with Gasteiger partial charge in [-0.2, -0.15) is 0 Å². The molecule has 0 bridgehead atoms. The first-order chi connectivity index (χ1) is 12.1. The van der Waals surface area contributed by atoms with Crippen LogP contribution in [0.4, 0.5) is 16.2 Å². The summed E-state index contributed by atoms with van der Waals surface area (Å²) in [7, 11) is 1.56. The molecule has 1 fully saturated rings. The highest BCUT2D eigenvalue weighted by Gasteiger charge is 2.15. The van der Waals surface area contributed by atoms with Gasteiger partial charge in [0.15, 0.2) is 0 Å². The standard InChI is InChI=1S/C18H28N4O3.ClH/c1-25-14-9-10-15(19)16(12-14)22-17(23)8-5-11-20-18(24)21-13-6-3-2-4-7-13;/h9-10,12-13H,2-8,11,19H2,1H3,(H,22,23)(H2,20,21,24);1H. The molecular weight excluding hydrogens is 356 g/mol. The molecule has 26 heavy (non-hydrogen) atoms. The first kappa shape index (κ1) is 21.9. The number of urea groups is 1. The molecule has 5 N–H and O–H groups in total. The molecule has 8 heteroatoms. The lowest BCUT2D eigenvalue weighted by Gasteiger charge is -2.22. The summed E-state index contributed by atoms with van der Waals surface area (Å²) in [6, 6.07) is 5.24. The van der Waals surface area contributed by atoms with E-state index >= 15 is 0 Å². The molecule has 146 valence electrons. The summed E-state index contributed by atoms with van der Waals surface area (Å²) in [4.78, 5) is 23.8. The zero-order valence-corrected chi connectivity index (χ0v) is 16.0. The van der Waals surface area contributed by atoms with Crippen molar-refractivity contribution in [2.75, 3.05) is 24.7 Å². The second kappa shape index (κ2) is 11.5. The average molecular weight is 385 g/mol. The van der Waals surface area contributed by atoms with Gasteiger partial charge in [0.2, 0.25) is 5.91 Å². The minimum absolute atomic E-state index is 0. The van der Waals surface area contributed by atoms with E-state index in [2.05, 4.69) is 16.0 Å². The van der Waals surface area contributed by atoms with Gasteiger partial charge in [-0.15, -0.1) is 12.4 Å². The molecule has 2 rings (SSSR count). The normalized spacial score (nSPS) is 14.0. The number of rotatable bonds is 7. The molecule has 0 aliphatic heterocycles. The van der Waals surface area contributed by atoms with E-state index in [0.717, 1.165) is 12.8 Å². The number of halogens is 1. The topological polar surface area (TPSA) is 105 Å². The number of anilines is 2. The monoisotopic (exact) mass is 384 g/mol. The van der Waals surface area contributed by atoms with Crippen molar-refractivity contribution < 1.29 is 14.3 Å². The van der Waals surface area contributed by atoms with Gasteiger partial charge in [0.1, 0.15) is 5.75 Å². The minimum Gasteiger partial charge on any atom is -0.497 e. The van der Waals surface area contributed by atoms with Crippen LogP contribution in [0.3, 0.4) is 0 Å². The molecule has 0 saturated heterocycles. The minimum atomic E-state index is -0.149. The Labute approximate surface area is 160 Å². The Morgan fingerprint density at radius 1 is 1.23 bits per heavy atom. The van der Waals surface area contributed by atoms with Crippen molar-refractivity contribution in [3.8, 4) is 5.75 Å². The number of carbonyl (C=O) groups excluding carboxylic acids is 2. The molecule has 0 aromatic heterocycles. The van der Waals surface area contributed by atoms with E-state index in [1.807, 2.05) is 0 Å². The van der Waals surface area contributed by atoms with Crippen LogP contribution in [0.25, 0.3) is 0 Å². The van der Waals surface area contributed by atoms with Gasteiger partial charge in [0, 0.05) is 25.1 Å². The van der Waals surface area contributed by atoms with Crippen LogP contribution in [0, 0.1) is 0 Å². The maximum absolute atomic E-state index is 12.0. The smallest absolute Gasteiger partial charge is 0.315 e. The Kier molecular flexibility index (Phi) is 9.65. The van der Waals surface area contributed by atoms with E-state index in [9.17, 15) is 9.59 Å². The summed E-state index contributed by atoms with van der Waals surface area (Å²) in [6.45, 7) is 0.458. The number of amides is 3. The van der Waals surface area contributed by atoms with Gasteiger partial charge in [-0.05, 0) is 31.4 Å². The molecule has 1 aromatic rings. The molecule has 0 unspecified atom stereocenters. The number of hydrogen-bond acceptors (Lipinski definition) is 4. The SMILES string of the molecule is COc1ccc(N)c(NC(=O)CCCNC(=O)NC2CCCCC2)c1.Cl. The third-order valence-electron chi connectivity index (χ3n) is 4.34. The second-order valence-corrected chi connectivity index (χ2v) is 6.34. The number of nitrogen functional groups attached to an aromatic ring is 1. The maximum atomic E-state index is 12.0. The van der Waals surface area contributed by atoms with Crippen molar-refractivity contribution in [2.24, 2.45) is 0 Å². The van der Waals surface area contributed by atoms with Crippen LogP contribution in [0.15, 0.2) is 18.2 Å². The van der Waals surface area contributed by atoms with E-state index in [1.54, 1.807) is 25.3 Å². The van der Waals surface area contributed by atoms with Crippen molar-refractivity contribution in [1.29, 1.82) is 0 Å². The molecule has 0 atom stereocenters. The van der Waals surface area contributed by atoms with E-state index < -0.39 is 0 Å². The predicted molar refractivity (Wildman–Crippen MR) is 106 cm³/mol. The molecule has 7 nitrogen and oxygen atoms in total. The molecule has 3 amide bonds. The number of ether oxygens (including phenoxy) is 1. The van der Waals surface area contributed by atoms with Gasteiger partial charge in [-0.3, -0.25) is 4.79 Å². The van der Waals surface area contributed by atoms with Crippen LogP contribution in [0.1, 0.15) is 44.9 Å². The highest BCUT2D eigenvalue weighted by atomic mass is 35.5. The second-order valence-electron chi connectivity index (χ2n) is 6.34. The van der Waals surface area contributed by atoms with Crippen LogP contribution in [-0.4, -0.2) is 31.6 Å². The Hall–Kier alpha value is -2.15. The van der Waals surface area contributed by atoms with E-state index in [1.165, 1.54) is 19.3 Å². The molecular formula is C18H29ClN4O3. The fourth-order valence-electron chi connectivity index (χ4n) is 2.92. The summed E-state index contributed by atoms with van der Waals surface area (Å²) >= 11 is 0. The Bertz CT molecular complexity index is 592. The molecule has 1 saturated carbocycles. The van der Waals surface area contributed by atoms with Gasteiger partial charge in [0.05, 0.1) is 18.5 Å². The Morgan fingerprint density at radius 3 is 2.65 bits per heavy atom. The summed E-state index contributed by atoms with van der Waals surface area (Å²) in [5, 5.41) is 8.56. The van der Waals surface area contributed by atoms with Gasteiger partial charge in [0.25, 0.3) is 0 Å². The number of benzene rings is 1. The number of methoxy groups -OCH3 is 1. The van der Waals surface area contributed by atoms with Gasteiger partial charge in [-0.1, -0.05) is 19.3 Å². The van der Waals surface area contributed by atoms with E-state index in [4.69, 9.17) is 10.5 Å². The fraction of sp³-hybridized carbons (Fsp3) is 0.556.